The summed E-state index contributed by atoms with van der Waals surface area (Å²) in [5.41, 5.74) is -0.129. The van der Waals surface area contributed by atoms with Gasteiger partial charge in [0.15, 0.2) is 0 Å². The van der Waals surface area contributed by atoms with Gasteiger partial charge in [0, 0.05) is 19.2 Å². The highest BCUT2D eigenvalue weighted by Gasteiger charge is 2.36. The van der Waals surface area contributed by atoms with E-state index in [0.717, 1.165) is 23.8 Å². The first-order valence-corrected chi connectivity index (χ1v) is 11.2. The van der Waals surface area contributed by atoms with Gasteiger partial charge < -0.3 is 9.64 Å². The molecule has 3 rings (SSSR count). The van der Waals surface area contributed by atoms with Crippen molar-refractivity contribution in [1.29, 1.82) is 0 Å². The third kappa shape index (κ3) is 5.19. The van der Waals surface area contributed by atoms with Crippen LogP contribution in [-0.4, -0.2) is 39.6 Å². The van der Waals surface area contributed by atoms with Crippen LogP contribution in [0.2, 0.25) is 5.02 Å². The lowest BCUT2D eigenvalue weighted by atomic mass is 10.1. The predicted molar refractivity (Wildman–Crippen MR) is 110 cm³/mol. The van der Waals surface area contributed by atoms with Crippen LogP contribution in [0.25, 0.3) is 0 Å². The number of aryl methyl sites for hydroxylation is 1. The fourth-order valence-corrected chi connectivity index (χ4v) is 4.90. The van der Waals surface area contributed by atoms with E-state index >= 15 is 0 Å². The van der Waals surface area contributed by atoms with Gasteiger partial charge in [-0.05, 0) is 49.7 Å². The number of likely N-dealkylation sites (N-methyl/N-ethyl adjacent to an activating group) is 1. The maximum Gasteiger partial charge on any atom is 0.419 e. The Morgan fingerprint density at radius 2 is 1.97 bits per heavy atom. The van der Waals surface area contributed by atoms with E-state index in [1.807, 2.05) is 18.9 Å². The number of nitrogens with one attached hydrogen (secondary N) is 1. The SMILES string of the molecule is CCc1ccc(S(=O)(=O)Nc2ccc(C(F)(F)F)c(O[C@@H]3CCN(C)C3)c2)c(Cl)c1. The highest BCUT2D eigenvalue weighted by molar-refractivity contribution is 7.92. The molecular formula is C20H22ClF3N2O3S. The van der Waals surface area contributed by atoms with Gasteiger partial charge in [0.05, 0.1) is 16.3 Å². The lowest BCUT2D eigenvalue weighted by Gasteiger charge is -2.19. The van der Waals surface area contributed by atoms with Crippen molar-refractivity contribution in [2.75, 3.05) is 24.9 Å². The number of hydrogen-bond acceptors (Lipinski definition) is 4. The van der Waals surface area contributed by atoms with Crippen molar-refractivity contribution in [2.45, 2.75) is 36.9 Å². The zero-order valence-electron chi connectivity index (χ0n) is 16.5. The molecule has 164 valence electrons. The summed E-state index contributed by atoms with van der Waals surface area (Å²) in [4.78, 5) is 1.80. The van der Waals surface area contributed by atoms with Gasteiger partial charge in [-0.3, -0.25) is 4.72 Å². The van der Waals surface area contributed by atoms with Crippen LogP contribution in [0.5, 0.6) is 5.75 Å². The summed E-state index contributed by atoms with van der Waals surface area (Å²) >= 11 is 6.11. The van der Waals surface area contributed by atoms with Crippen LogP contribution in [-0.2, 0) is 22.6 Å². The van der Waals surface area contributed by atoms with Gasteiger partial charge in [0.2, 0.25) is 0 Å². The molecule has 1 aliphatic heterocycles. The maximum atomic E-state index is 13.4. The molecule has 0 amide bonds. The van der Waals surface area contributed by atoms with E-state index < -0.39 is 33.6 Å². The van der Waals surface area contributed by atoms with Crippen molar-refractivity contribution < 1.29 is 26.3 Å². The molecule has 10 heteroatoms. The van der Waals surface area contributed by atoms with Crippen LogP contribution in [0.3, 0.4) is 0 Å². The summed E-state index contributed by atoms with van der Waals surface area (Å²) in [7, 11) is -2.24. The van der Waals surface area contributed by atoms with Gasteiger partial charge >= 0.3 is 6.18 Å². The Kier molecular flexibility index (Phi) is 6.54. The molecule has 0 unspecified atom stereocenters. The summed E-state index contributed by atoms with van der Waals surface area (Å²) in [6, 6.07) is 7.49. The summed E-state index contributed by atoms with van der Waals surface area (Å²) in [6.45, 7) is 3.11. The van der Waals surface area contributed by atoms with Crippen LogP contribution in [0.1, 0.15) is 24.5 Å². The molecule has 5 nitrogen and oxygen atoms in total. The van der Waals surface area contributed by atoms with E-state index in [4.69, 9.17) is 16.3 Å². The number of halogens is 4. The van der Waals surface area contributed by atoms with Gasteiger partial charge in [-0.2, -0.15) is 13.2 Å². The van der Waals surface area contributed by atoms with Crippen molar-refractivity contribution in [1.82, 2.24) is 4.90 Å². The number of rotatable bonds is 6. The van der Waals surface area contributed by atoms with E-state index in [1.165, 1.54) is 6.07 Å². The highest BCUT2D eigenvalue weighted by Crippen LogP contribution is 2.39. The summed E-state index contributed by atoms with van der Waals surface area (Å²) < 4.78 is 73.6. The van der Waals surface area contributed by atoms with E-state index in [9.17, 15) is 21.6 Å². The zero-order valence-corrected chi connectivity index (χ0v) is 18.0. The average Bonchev–Trinajstić information content (AvgIpc) is 3.04. The topological polar surface area (TPSA) is 58.6 Å². The molecule has 0 aliphatic carbocycles. The minimum atomic E-state index is -4.63. The first-order chi connectivity index (χ1) is 14.0. The van der Waals surface area contributed by atoms with Crippen molar-refractivity contribution >= 4 is 27.3 Å². The molecule has 1 fully saturated rings. The fraction of sp³-hybridized carbons (Fsp3) is 0.400. The number of sulfonamides is 1. The molecular weight excluding hydrogens is 441 g/mol. The van der Waals surface area contributed by atoms with Gasteiger partial charge in [0.1, 0.15) is 16.7 Å². The number of anilines is 1. The number of hydrogen-bond donors (Lipinski definition) is 1. The van der Waals surface area contributed by atoms with Crippen LogP contribution in [0.4, 0.5) is 18.9 Å². The highest BCUT2D eigenvalue weighted by atomic mass is 35.5. The normalized spacial score (nSPS) is 17.9. The first kappa shape index (κ1) is 22.7. The van der Waals surface area contributed by atoms with Crippen LogP contribution >= 0.6 is 11.6 Å². The van der Waals surface area contributed by atoms with Crippen molar-refractivity contribution in [3.05, 3.63) is 52.5 Å². The summed E-state index contributed by atoms with van der Waals surface area (Å²) in [5, 5.41) is 0.0410. The summed E-state index contributed by atoms with van der Waals surface area (Å²) in [6.07, 6.45) is -3.76. The Labute approximate surface area is 178 Å². The molecule has 1 saturated heterocycles. The maximum absolute atomic E-state index is 13.4. The second-order valence-electron chi connectivity index (χ2n) is 7.22. The molecule has 0 aromatic heterocycles. The number of alkyl halides is 3. The molecule has 0 bridgehead atoms. The van der Waals surface area contributed by atoms with Gasteiger partial charge in [-0.1, -0.05) is 24.6 Å². The Morgan fingerprint density at radius 3 is 2.53 bits per heavy atom. The van der Waals surface area contributed by atoms with Crippen LogP contribution < -0.4 is 9.46 Å². The largest absolute Gasteiger partial charge is 0.488 e. The molecule has 0 saturated carbocycles. The predicted octanol–water partition coefficient (Wildman–Crippen LogP) is 4.80. The average molecular weight is 463 g/mol. The quantitative estimate of drug-likeness (QED) is 0.669. The van der Waals surface area contributed by atoms with E-state index in [1.54, 1.807) is 12.1 Å². The molecule has 0 spiro atoms. The third-order valence-corrected chi connectivity index (χ3v) is 6.74. The molecule has 2 aromatic carbocycles. The third-order valence-electron chi connectivity index (χ3n) is 4.88. The lowest BCUT2D eigenvalue weighted by molar-refractivity contribution is -0.139. The Bertz CT molecular complexity index is 1030. The lowest BCUT2D eigenvalue weighted by Crippen LogP contribution is -2.23. The molecule has 1 N–H and O–H groups in total. The van der Waals surface area contributed by atoms with Crippen LogP contribution in [0.15, 0.2) is 41.3 Å². The summed E-state index contributed by atoms with van der Waals surface area (Å²) in [5.74, 6) is -0.407. The van der Waals surface area contributed by atoms with Crippen molar-refractivity contribution in [2.24, 2.45) is 0 Å². The monoisotopic (exact) mass is 462 g/mol. The van der Waals surface area contributed by atoms with E-state index in [-0.39, 0.29) is 15.6 Å². The van der Waals surface area contributed by atoms with Gasteiger partial charge in [-0.15, -0.1) is 0 Å². The minimum absolute atomic E-state index is 0.0410. The van der Waals surface area contributed by atoms with E-state index in [0.29, 0.717) is 25.9 Å². The number of ether oxygens (including phenoxy) is 1. The molecule has 1 aliphatic rings. The molecule has 0 radical (unpaired) electrons. The zero-order chi connectivity index (χ0) is 22.1. The molecule has 2 aromatic rings. The van der Waals surface area contributed by atoms with Crippen molar-refractivity contribution in [3.63, 3.8) is 0 Å². The molecule has 30 heavy (non-hydrogen) atoms. The van der Waals surface area contributed by atoms with Crippen LogP contribution in [0, 0.1) is 0 Å². The Balaban J connectivity index is 1.91. The molecule has 1 atom stereocenters. The smallest absolute Gasteiger partial charge is 0.419 e. The second kappa shape index (κ2) is 8.64. The van der Waals surface area contributed by atoms with E-state index in [2.05, 4.69) is 4.72 Å². The number of nitrogens with zero attached hydrogens (tertiary/aromatic N) is 1. The number of benzene rings is 2. The van der Waals surface area contributed by atoms with Crippen molar-refractivity contribution in [3.8, 4) is 5.75 Å². The Morgan fingerprint density at radius 1 is 1.23 bits per heavy atom. The fourth-order valence-electron chi connectivity index (χ4n) is 3.28. The first-order valence-electron chi connectivity index (χ1n) is 9.37. The second-order valence-corrected chi connectivity index (χ2v) is 9.28. The van der Waals surface area contributed by atoms with Gasteiger partial charge in [0.25, 0.3) is 10.0 Å². The molecule has 1 heterocycles. The minimum Gasteiger partial charge on any atom is -0.488 e. The number of likely N-dealkylation sites (tertiary alicyclic amines) is 1. The standard InChI is InChI=1S/C20H22ClF3N2O3S/c1-3-13-4-7-19(17(21)10-13)30(27,28)25-14-5-6-16(20(22,23)24)18(11-14)29-15-8-9-26(2)12-15/h4-7,10-11,15,25H,3,8-9,12H2,1-2H3/t15-/m1/s1. The Hall–Kier alpha value is -1.97. The van der Waals surface area contributed by atoms with Gasteiger partial charge in [-0.25, -0.2) is 8.42 Å².